The summed E-state index contributed by atoms with van der Waals surface area (Å²) in [6.45, 7) is 4.98. The molecule has 146 valence electrons. The third-order valence-electron chi connectivity index (χ3n) is 4.95. The van der Waals surface area contributed by atoms with Gasteiger partial charge in [-0.15, -0.1) is 0 Å². The van der Waals surface area contributed by atoms with Crippen molar-refractivity contribution in [2.24, 2.45) is 5.73 Å². The highest BCUT2D eigenvalue weighted by atomic mass is 19.2. The predicted molar refractivity (Wildman–Crippen MR) is 113 cm³/mol. The Labute approximate surface area is 165 Å². The Hall–Kier alpha value is -2.72. The van der Waals surface area contributed by atoms with Crippen LogP contribution in [0.25, 0.3) is 22.3 Å². The van der Waals surface area contributed by atoms with E-state index in [0.29, 0.717) is 11.1 Å². The first kappa shape index (κ1) is 20.0. The van der Waals surface area contributed by atoms with Crippen molar-refractivity contribution in [2.45, 2.75) is 32.7 Å². The van der Waals surface area contributed by atoms with E-state index in [4.69, 9.17) is 5.73 Å². The molecule has 0 saturated carbocycles. The van der Waals surface area contributed by atoms with Crippen LogP contribution in [0.5, 0.6) is 0 Å². The Balaban J connectivity index is 1.89. The summed E-state index contributed by atoms with van der Waals surface area (Å²) in [5.74, 6) is -1.67. The van der Waals surface area contributed by atoms with Crippen LogP contribution in [0.1, 0.15) is 38.3 Å². The smallest absolute Gasteiger partial charge is 0.167 e. The highest BCUT2D eigenvalue weighted by Gasteiger charge is 2.16. The molecule has 3 rings (SSSR count). The molecule has 3 aromatic carbocycles. The van der Waals surface area contributed by atoms with Crippen molar-refractivity contribution >= 4 is 5.69 Å². The van der Waals surface area contributed by atoms with Gasteiger partial charge in [-0.05, 0) is 41.7 Å². The van der Waals surface area contributed by atoms with Crippen LogP contribution < -0.4 is 11.1 Å². The van der Waals surface area contributed by atoms with Crippen LogP contribution in [0, 0.1) is 11.6 Å². The fraction of sp³-hybridized carbons (Fsp3) is 0.250. The van der Waals surface area contributed by atoms with Crippen LogP contribution in [0.4, 0.5) is 14.5 Å². The third-order valence-corrected chi connectivity index (χ3v) is 4.95. The number of hydrogen-bond acceptors (Lipinski definition) is 2. The van der Waals surface area contributed by atoms with Gasteiger partial charge in [-0.2, -0.15) is 0 Å². The molecule has 4 heteroatoms. The van der Waals surface area contributed by atoms with Crippen LogP contribution >= 0.6 is 0 Å². The summed E-state index contributed by atoms with van der Waals surface area (Å²) in [4.78, 5) is 0. The lowest BCUT2D eigenvalue weighted by Gasteiger charge is -2.12. The molecule has 1 unspecified atom stereocenters. The summed E-state index contributed by atoms with van der Waals surface area (Å²) in [6.07, 6.45) is 1.85. The molecule has 0 heterocycles. The third kappa shape index (κ3) is 4.23. The molecule has 0 fully saturated rings. The second kappa shape index (κ2) is 8.98. The lowest BCUT2D eigenvalue weighted by atomic mass is 9.96. The molecular weight excluding hydrogens is 354 g/mol. The molecule has 0 bridgehead atoms. The lowest BCUT2D eigenvalue weighted by Crippen LogP contribution is -2.08. The van der Waals surface area contributed by atoms with Gasteiger partial charge in [-0.3, -0.25) is 0 Å². The molecule has 2 nitrogen and oxygen atoms in total. The Kier molecular flexibility index (Phi) is 6.42. The number of anilines is 1. The zero-order valence-corrected chi connectivity index (χ0v) is 16.3. The van der Waals surface area contributed by atoms with E-state index in [0.717, 1.165) is 30.6 Å². The fourth-order valence-corrected chi connectivity index (χ4v) is 3.18. The minimum atomic E-state index is -0.835. The van der Waals surface area contributed by atoms with E-state index in [1.54, 1.807) is 36.4 Å². The molecule has 28 heavy (non-hydrogen) atoms. The summed E-state index contributed by atoms with van der Waals surface area (Å²) in [6, 6.07) is 17.9. The van der Waals surface area contributed by atoms with E-state index >= 15 is 0 Å². The second-order valence-electron chi connectivity index (χ2n) is 6.93. The molecule has 0 amide bonds. The van der Waals surface area contributed by atoms with Crippen molar-refractivity contribution in [1.29, 1.82) is 0 Å². The fourth-order valence-electron chi connectivity index (χ4n) is 3.18. The first-order valence-corrected chi connectivity index (χ1v) is 9.73. The Morgan fingerprint density at radius 3 is 1.75 bits per heavy atom. The number of nitrogens with one attached hydrogen (secondary N) is 1. The van der Waals surface area contributed by atoms with Gasteiger partial charge in [0.1, 0.15) is 0 Å². The maximum atomic E-state index is 14.8. The monoisotopic (exact) mass is 380 g/mol. The number of hydrogen-bond donors (Lipinski definition) is 2. The molecule has 0 aliphatic rings. The van der Waals surface area contributed by atoms with Gasteiger partial charge in [0.15, 0.2) is 11.6 Å². The number of rotatable bonds is 7. The van der Waals surface area contributed by atoms with Gasteiger partial charge in [0, 0.05) is 29.4 Å². The molecule has 0 radical (unpaired) electrons. The highest BCUT2D eigenvalue weighted by Crippen LogP contribution is 2.32. The molecule has 1 atom stereocenters. The number of nitrogens with two attached hydrogens (primary N) is 1. The van der Waals surface area contributed by atoms with Crippen molar-refractivity contribution in [3.8, 4) is 22.3 Å². The maximum Gasteiger partial charge on any atom is 0.167 e. The predicted octanol–water partition coefficient (Wildman–Crippen LogP) is 6.53. The van der Waals surface area contributed by atoms with Crippen molar-refractivity contribution in [3.05, 3.63) is 77.9 Å². The molecule has 0 aliphatic carbocycles. The summed E-state index contributed by atoms with van der Waals surface area (Å²) in [7, 11) is 0. The van der Waals surface area contributed by atoms with Crippen molar-refractivity contribution < 1.29 is 8.78 Å². The number of halogens is 2. The standard InChI is InChI=1S/C24H26F2N2/c1-3-15-28-19-11-9-17(10-12-19)21-14-13-20(23(25)24(21)26)16-5-7-18(8-6-16)22(27)4-2/h5-14,22,28H,3-4,15,27H2,1-2H3. The SMILES string of the molecule is CCCNc1ccc(-c2ccc(-c3ccc(C(N)CC)cc3)c(F)c2F)cc1. The van der Waals surface area contributed by atoms with Gasteiger partial charge in [0.25, 0.3) is 0 Å². The minimum absolute atomic E-state index is 0.0483. The largest absolute Gasteiger partial charge is 0.385 e. The van der Waals surface area contributed by atoms with Crippen LogP contribution in [0.15, 0.2) is 60.7 Å². The van der Waals surface area contributed by atoms with Gasteiger partial charge in [0.2, 0.25) is 0 Å². The average Bonchev–Trinajstić information content (AvgIpc) is 2.74. The first-order valence-electron chi connectivity index (χ1n) is 9.73. The maximum absolute atomic E-state index is 14.8. The minimum Gasteiger partial charge on any atom is -0.385 e. The Morgan fingerprint density at radius 2 is 1.29 bits per heavy atom. The zero-order valence-electron chi connectivity index (χ0n) is 16.3. The zero-order chi connectivity index (χ0) is 20.1. The molecule has 0 aromatic heterocycles. The number of benzene rings is 3. The summed E-state index contributed by atoms with van der Waals surface area (Å²) < 4.78 is 29.6. The molecule has 3 N–H and O–H groups in total. The molecule has 0 aliphatic heterocycles. The van der Waals surface area contributed by atoms with Gasteiger partial charge in [-0.1, -0.05) is 62.4 Å². The van der Waals surface area contributed by atoms with Gasteiger partial charge in [-0.25, -0.2) is 8.78 Å². The van der Waals surface area contributed by atoms with Crippen molar-refractivity contribution in [1.82, 2.24) is 0 Å². The van der Waals surface area contributed by atoms with E-state index in [2.05, 4.69) is 12.2 Å². The van der Waals surface area contributed by atoms with Gasteiger partial charge >= 0.3 is 0 Å². The molecule has 0 spiro atoms. The molecular formula is C24H26F2N2. The van der Waals surface area contributed by atoms with Crippen LogP contribution in [0.2, 0.25) is 0 Å². The Morgan fingerprint density at radius 1 is 0.786 bits per heavy atom. The first-order chi connectivity index (χ1) is 13.5. The highest BCUT2D eigenvalue weighted by molar-refractivity contribution is 5.72. The van der Waals surface area contributed by atoms with Gasteiger partial charge < -0.3 is 11.1 Å². The van der Waals surface area contributed by atoms with Crippen molar-refractivity contribution in [3.63, 3.8) is 0 Å². The molecule has 3 aromatic rings. The summed E-state index contributed by atoms with van der Waals surface area (Å²) in [5, 5.41) is 3.27. The summed E-state index contributed by atoms with van der Waals surface area (Å²) in [5.41, 5.74) is 9.76. The van der Waals surface area contributed by atoms with E-state index in [1.165, 1.54) is 0 Å². The topological polar surface area (TPSA) is 38.0 Å². The summed E-state index contributed by atoms with van der Waals surface area (Å²) >= 11 is 0. The average molecular weight is 380 g/mol. The van der Waals surface area contributed by atoms with E-state index < -0.39 is 11.6 Å². The van der Waals surface area contributed by atoms with Crippen molar-refractivity contribution in [2.75, 3.05) is 11.9 Å². The van der Waals surface area contributed by atoms with Gasteiger partial charge in [0.05, 0.1) is 0 Å². The second-order valence-corrected chi connectivity index (χ2v) is 6.93. The van der Waals surface area contributed by atoms with Crippen LogP contribution in [-0.2, 0) is 0 Å². The lowest BCUT2D eigenvalue weighted by molar-refractivity contribution is 0.514. The molecule has 0 saturated heterocycles. The quantitative estimate of drug-likeness (QED) is 0.489. The van der Waals surface area contributed by atoms with Crippen LogP contribution in [-0.4, -0.2) is 6.54 Å². The van der Waals surface area contributed by atoms with E-state index in [-0.39, 0.29) is 17.2 Å². The van der Waals surface area contributed by atoms with E-state index in [9.17, 15) is 8.78 Å². The normalized spacial score (nSPS) is 12.0. The Bertz CT molecular complexity index is 919. The van der Waals surface area contributed by atoms with Crippen LogP contribution in [0.3, 0.4) is 0 Å². The van der Waals surface area contributed by atoms with E-state index in [1.807, 2.05) is 31.2 Å².